The zero-order valence-corrected chi connectivity index (χ0v) is 19.9. The van der Waals surface area contributed by atoms with Crippen LogP contribution in [0.5, 0.6) is 17.2 Å². The van der Waals surface area contributed by atoms with E-state index in [1.54, 1.807) is 49.6 Å². The highest BCUT2D eigenvalue weighted by Crippen LogP contribution is 2.43. The van der Waals surface area contributed by atoms with Gasteiger partial charge >= 0.3 is 0 Å². The van der Waals surface area contributed by atoms with Gasteiger partial charge in [-0.3, -0.25) is 9.59 Å². The van der Waals surface area contributed by atoms with Crippen LogP contribution in [0.15, 0.2) is 64.8 Å². The highest BCUT2D eigenvalue weighted by atomic mass is 16.5. The lowest BCUT2D eigenvalue weighted by Crippen LogP contribution is -2.29. The van der Waals surface area contributed by atoms with Crippen LogP contribution in [0, 0.1) is 0 Å². The van der Waals surface area contributed by atoms with E-state index < -0.39 is 17.7 Å². The van der Waals surface area contributed by atoms with Crippen molar-refractivity contribution in [2.75, 3.05) is 14.2 Å². The molecular formula is C27H27NO7. The molecule has 1 aromatic heterocycles. The van der Waals surface area contributed by atoms with E-state index in [1.807, 2.05) is 13.8 Å². The van der Waals surface area contributed by atoms with Crippen LogP contribution in [-0.4, -0.2) is 41.0 Å². The number of nitrogens with zero attached hydrogens (tertiary/aromatic N) is 1. The van der Waals surface area contributed by atoms with E-state index in [9.17, 15) is 19.8 Å². The number of aliphatic hydroxyl groups excluding tert-OH is 1. The average molecular weight is 478 g/mol. The van der Waals surface area contributed by atoms with Gasteiger partial charge in [0, 0.05) is 5.56 Å². The number of Topliss-reactive ketones (excluding diaryl/α,β-unsaturated/α-hetero) is 1. The molecule has 1 fully saturated rings. The predicted molar refractivity (Wildman–Crippen MR) is 128 cm³/mol. The van der Waals surface area contributed by atoms with Gasteiger partial charge in [-0.05, 0) is 59.5 Å². The number of carbonyl (C=O) groups is 2. The summed E-state index contributed by atoms with van der Waals surface area (Å²) in [5.41, 5.74) is 1.59. The van der Waals surface area contributed by atoms with Gasteiger partial charge in [-0.15, -0.1) is 0 Å². The van der Waals surface area contributed by atoms with Crippen LogP contribution in [0.3, 0.4) is 0 Å². The van der Waals surface area contributed by atoms with Crippen LogP contribution in [-0.2, 0) is 16.1 Å². The predicted octanol–water partition coefficient (Wildman–Crippen LogP) is 4.75. The van der Waals surface area contributed by atoms with Gasteiger partial charge in [-0.1, -0.05) is 19.9 Å². The molecule has 1 saturated heterocycles. The number of ether oxygens (including phenoxy) is 2. The standard InChI is InChI=1S/C27H27NO7/c1-15(2)19-12-17(8-9-21(19)33-3)25(30)23-24(16-7-10-22(34-4)20(29)13-16)28(27(32)26(23)31)14-18-6-5-11-35-18/h5-13,15,24,29-30H,14H2,1-4H3/b25-23-. The van der Waals surface area contributed by atoms with Crippen LogP contribution < -0.4 is 9.47 Å². The molecule has 8 heteroatoms. The number of phenols is 1. The van der Waals surface area contributed by atoms with Crippen LogP contribution >= 0.6 is 0 Å². The maximum Gasteiger partial charge on any atom is 0.296 e. The van der Waals surface area contributed by atoms with Gasteiger partial charge in [0.2, 0.25) is 0 Å². The van der Waals surface area contributed by atoms with Gasteiger partial charge in [0.05, 0.1) is 38.6 Å². The number of methoxy groups -OCH3 is 2. The van der Waals surface area contributed by atoms with E-state index in [0.717, 1.165) is 5.56 Å². The first kappa shape index (κ1) is 23.9. The Bertz CT molecular complexity index is 1290. The molecule has 0 bridgehead atoms. The molecule has 1 aliphatic rings. The third-order valence-corrected chi connectivity index (χ3v) is 6.09. The molecule has 2 heterocycles. The van der Waals surface area contributed by atoms with Gasteiger partial charge in [0.1, 0.15) is 17.3 Å². The highest BCUT2D eigenvalue weighted by Gasteiger charge is 2.46. The Labute approximate surface area is 203 Å². The Kier molecular flexibility index (Phi) is 6.55. The van der Waals surface area contributed by atoms with Crippen molar-refractivity contribution in [2.24, 2.45) is 0 Å². The Morgan fingerprint density at radius 3 is 2.37 bits per heavy atom. The summed E-state index contributed by atoms with van der Waals surface area (Å²) in [6.45, 7) is 3.99. The second-order valence-corrected chi connectivity index (χ2v) is 8.55. The number of aliphatic hydroxyl groups is 1. The second kappa shape index (κ2) is 9.58. The molecule has 182 valence electrons. The van der Waals surface area contributed by atoms with Crippen LogP contribution in [0.2, 0.25) is 0 Å². The normalized spacial score (nSPS) is 17.3. The van der Waals surface area contributed by atoms with Crippen molar-refractivity contribution in [2.45, 2.75) is 32.4 Å². The van der Waals surface area contributed by atoms with Gasteiger partial charge in [0.15, 0.2) is 11.5 Å². The van der Waals surface area contributed by atoms with E-state index in [4.69, 9.17) is 13.9 Å². The zero-order valence-electron chi connectivity index (χ0n) is 19.9. The number of ketones is 1. The maximum absolute atomic E-state index is 13.2. The Balaban J connectivity index is 1.90. The van der Waals surface area contributed by atoms with Crippen LogP contribution in [0.4, 0.5) is 0 Å². The number of phenolic OH excluding ortho intramolecular Hbond substituents is 1. The maximum atomic E-state index is 13.2. The fraction of sp³-hybridized carbons (Fsp3) is 0.259. The van der Waals surface area contributed by atoms with E-state index in [2.05, 4.69) is 0 Å². The Hall–Kier alpha value is -4.20. The lowest BCUT2D eigenvalue weighted by Gasteiger charge is -2.25. The number of hydrogen-bond donors (Lipinski definition) is 2. The summed E-state index contributed by atoms with van der Waals surface area (Å²) in [6, 6.07) is 12.1. The average Bonchev–Trinajstić information content (AvgIpc) is 3.45. The molecule has 0 radical (unpaired) electrons. The topological polar surface area (TPSA) is 109 Å². The van der Waals surface area contributed by atoms with Crippen LogP contribution in [0.25, 0.3) is 5.76 Å². The monoisotopic (exact) mass is 477 g/mol. The summed E-state index contributed by atoms with van der Waals surface area (Å²) in [5, 5.41) is 21.8. The van der Waals surface area contributed by atoms with Crippen molar-refractivity contribution in [1.82, 2.24) is 4.90 Å². The third kappa shape index (κ3) is 4.35. The SMILES string of the molecule is COc1ccc(C2/C(=C(/O)c3ccc(OC)c(C(C)C)c3)C(=O)C(=O)N2Cc2ccco2)cc1O. The van der Waals surface area contributed by atoms with Crippen molar-refractivity contribution in [3.63, 3.8) is 0 Å². The van der Waals surface area contributed by atoms with Crippen molar-refractivity contribution in [3.05, 3.63) is 82.8 Å². The molecule has 0 saturated carbocycles. The van der Waals surface area contributed by atoms with Crippen molar-refractivity contribution in [1.29, 1.82) is 0 Å². The molecule has 8 nitrogen and oxygen atoms in total. The molecule has 1 amide bonds. The van der Waals surface area contributed by atoms with Crippen molar-refractivity contribution >= 4 is 17.4 Å². The first-order chi connectivity index (χ1) is 16.8. The lowest BCUT2D eigenvalue weighted by atomic mass is 9.93. The fourth-order valence-electron chi connectivity index (χ4n) is 4.33. The molecule has 0 spiro atoms. The van der Waals surface area contributed by atoms with E-state index in [0.29, 0.717) is 22.6 Å². The number of amides is 1. The molecule has 1 aliphatic heterocycles. The number of benzene rings is 2. The van der Waals surface area contributed by atoms with E-state index in [1.165, 1.54) is 24.3 Å². The number of hydrogen-bond acceptors (Lipinski definition) is 7. The summed E-state index contributed by atoms with van der Waals surface area (Å²) in [7, 11) is 2.99. The molecule has 1 atom stereocenters. The first-order valence-electron chi connectivity index (χ1n) is 11.1. The second-order valence-electron chi connectivity index (χ2n) is 8.55. The van der Waals surface area contributed by atoms with E-state index in [-0.39, 0.29) is 35.3 Å². The lowest BCUT2D eigenvalue weighted by molar-refractivity contribution is -0.140. The number of rotatable bonds is 7. The van der Waals surface area contributed by atoms with Gasteiger partial charge in [0.25, 0.3) is 11.7 Å². The molecule has 3 aromatic rings. The number of furan rings is 1. The van der Waals surface area contributed by atoms with Gasteiger partial charge in [-0.2, -0.15) is 0 Å². The minimum atomic E-state index is -0.957. The van der Waals surface area contributed by atoms with Crippen LogP contribution in [0.1, 0.15) is 48.3 Å². The Morgan fingerprint density at radius 2 is 1.77 bits per heavy atom. The largest absolute Gasteiger partial charge is 0.507 e. The third-order valence-electron chi connectivity index (χ3n) is 6.09. The quantitative estimate of drug-likeness (QED) is 0.287. The van der Waals surface area contributed by atoms with Gasteiger partial charge in [-0.25, -0.2) is 0 Å². The molecule has 35 heavy (non-hydrogen) atoms. The number of aromatic hydroxyl groups is 1. The number of likely N-dealkylation sites (tertiary alicyclic amines) is 1. The summed E-state index contributed by atoms with van der Waals surface area (Å²) >= 11 is 0. The highest BCUT2D eigenvalue weighted by molar-refractivity contribution is 6.46. The molecule has 0 aliphatic carbocycles. The zero-order chi connectivity index (χ0) is 25.3. The summed E-state index contributed by atoms with van der Waals surface area (Å²) in [5.74, 6) is -0.595. The Morgan fingerprint density at radius 1 is 1.06 bits per heavy atom. The molecular weight excluding hydrogens is 450 g/mol. The summed E-state index contributed by atoms with van der Waals surface area (Å²) < 4.78 is 16.0. The molecule has 2 N–H and O–H groups in total. The molecule has 4 rings (SSSR count). The molecule has 1 unspecified atom stereocenters. The van der Waals surface area contributed by atoms with Crippen molar-refractivity contribution < 1.29 is 33.7 Å². The first-order valence-corrected chi connectivity index (χ1v) is 11.1. The summed E-state index contributed by atoms with van der Waals surface area (Å²) in [4.78, 5) is 27.7. The number of carbonyl (C=O) groups excluding carboxylic acids is 2. The smallest absolute Gasteiger partial charge is 0.296 e. The van der Waals surface area contributed by atoms with Gasteiger partial charge < -0.3 is 29.0 Å². The van der Waals surface area contributed by atoms with Crippen molar-refractivity contribution in [3.8, 4) is 17.2 Å². The minimum absolute atomic E-state index is 0.00562. The summed E-state index contributed by atoms with van der Waals surface area (Å²) in [6.07, 6.45) is 1.48. The minimum Gasteiger partial charge on any atom is -0.507 e. The molecule has 2 aromatic carbocycles. The fourth-order valence-corrected chi connectivity index (χ4v) is 4.33. The van der Waals surface area contributed by atoms with E-state index >= 15 is 0 Å².